The molecule has 1 rings (SSSR count). The van der Waals surface area contributed by atoms with Crippen LogP contribution in [0.5, 0.6) is 0 Å². The lowest BCUT2D eigenvalue weighted by Gasteiger charge is -2.12. The number of hydrogen-bond donors (Lipinski definition) is 0. The SMILES string of the molecule is C=C(F)CN1CCCC1=O. The second kappa shape index (κ2) is 2.82. The van der Waals surface area contributed by atoms with Crippen molar-refractivity contribution in [3.8, 4) is 0 Å². The molecule has 1 heterocycles. The third-order valence-corrected chi connectivity index (χ3v) is 1.53. The van der Waals surface area contributed by atoms with Crippen molar-refractivity contribution in [1.29, 1.82) is 0 Å². The second-order valence-electron chi connectivity index (χ2n) is 2.44. The Hall–Kier alpha value is -0.860. The van der Waals surface area contributed by atoms with Crippen molar-refractivity contribution in [1.82, 2.24) is 4.90 Å². The minimum Gasteiger partial charge on any atom is -0.336 e. The number of amides is 1. The first kappa shape index (κ1) is 7.25. The van der Waals surface area contributed by atoms with Crippen LogP contribution in [0.3, 0.4) is 0 Å². The fourth-order valence-electron chi connectivity index (χ4n) is 1.08. The standard InChI is InChI=1S/C7H10FNO/c1-6(8)5-9-4-2-3-7(9)10/h1-5H2. The van der Waals surface area contributed by atoms with Crippen molar-refractivity contribution in [3.05, 3.63) is 12.4 Å². The van der Waals surface area contributed by atoms with E-state index >= 15 is 0 Å². The quantitative estimate of drug-likeness (QED) is 0.566. The summed E-state index contributed by atoms with van der Waals surface area (Å²) < 4.78 is 12.1. The highest BCUT2D eigenvalue weighted by Gasteiger charge is 2.19. The maximum atomic E-state index is 12.1. The fourth-order valence-corrected chi connectivity index (χ4v) is 1.08. The maximum absolute atomic E-state index is 12.1. The first-order chi connectivity index (χ1) is 4.70. The van der Waals surface area contributed by atoms with Crippen LogP contribution in [0.15, 0.2) is 12.4 Å². The summed E-state index contributed by atoms with van der Waals surface area (Å²) in [6.45, 7) is 3.86. The lowest BCUT2D eigenvalue weighted by Crippen LogP contribution is -2.25. The predicted molar refractivity (Wildman–Crippen MR) is 36.1 cm³/mol. The molecule has 1 saturated heterocycles. The first-order valence-corrected chi connectivity index (χ1v) is 3.31. The van der Waals surface area contributed by atoms with Gasteiger partial charge in [-0.2, -0.15) is 0 Å². The molecule has 0 aliphatic carbocycles. The van der Waals surface area contributed by atoms with Crippen LogP contribution >= 0.6 is 0 Å². The molecule has 1 aliphatic rings. The van der Waals surface area contributed by atoms with Crippen molar-refractivity contribution < 1.29 is 9.18 Å². The van der Waals surface area contributed by atoms with Gasteiger partial charge in [0.2, 0.25) is 5.91 Å². The Morgan fingerprint density at radius 1 is 1.80 bits per heavy atom. The van der Waals surface area contributed by atoms with Gasteiger partial charge in [0.25, 0.3) is 0 Å². The van der Waals surface area contributed by atoms with Crippen LogP contribution in [-0.2, 0) is 4.79 Å². The minimum absolute atomic E-state index is 0.0406. The van der Waals surface area contributed by atoms with Crippen LogP contribution in [0.25, 0.3) is 0 Å². The summed E-state index contributed by atoms with van der Waals surface area (Å²) in [6, 6.07) is 0. The number of rotatable bonds is 2. The van der Waals surface area contributed by atoms with Crippen molar-refractivity contribution in [2.75, 3.05) is 13.1 Å². The summed E-state index contributed by atoms with van der Waals surface area (Å²) in [6.07, 6.45) is 1.42. The zero-order valence-corrected chi connectivity index (χ0v) is 5.77. The molecule has 10 heavy (non-hydrogen) atoms. The number of carbonyl (C=O) groups is 1. The Morgan fingerprint density at radius 2 is 2.50 bits per heavy atom. The lowest BCUT2D eigenvalue weighted by atomic mass is 10.4. The summed E-state index contributed by atoms with van der Waals surface area (Å²) in [5, 5.41) is 0. The summed E-state index contributed by atoms with van der Waals surface area (Å²) in [5.74, 6) is -0.394. The molecule has 1 aliphatic heterocycles. The van der Waals surface area contributed by atoms with Crippen LogP contribution in [0.4, 0.5) is 4.39 Å². The van der Waals surface area contributed by atoms with E-state index in [9.17, 15) is 9.18 Å². The van der Waals surface area contributed by atoms with Crippen LogP contribution in [0.1, 0.15) is 12.8 Å². The molecule has 0 unspecified atom stereocenters. The molecule has 0 radical (unpaired) electrons. The lowest BCUT2D eigenvalue weighted by molar-refractivity contribution is -0.127. The van der Waals surface area contributed by atoms with Crippen LogP contribution in [0, 0.1) is 0 Å². The van der Waals surface area contributed by atoms with Crippen molar-refractivity contribution >= 4 is 5.91 Å². The van der Waals surface area contributed by atoms with Gasteiger partial charge < -0.3 is 4.90 Å². The molecule has 0 aromatic rings. The molecule has 56 valence electrons. The van der Waals surface area contributed by atoms with E-state index in [4.69, 9.17) is 0 Å². The Kier molecular flexibility index (Phi) is 2.04. The third kappa shape index (κ3) is 1.56. The van der Waals surface area contributed by atoms with E-state index in [2.05, 4.69) is 6.58 Å². The molecule has 0 N–H and O–H groups in total. The molecule has 0 saturated carbocycles. The monoisotopic (exact) mass is 143 g/mol. The summed E-state index contributed by atoms with van der Waals surface area (Å²) in [7, 11) is 0. The van der Waals surface area contributed by atoms with Gasteiger partial charge in [-0.15, -0.1) is 0 Å². The molecule has 0 bridgehead atoms. The molecular formula is C7H10FNO. The Balaban J connectivity index is 2.40. The molecular weight excluding hydrogens is 133 g/mol. The average molecular weight is 143 g/mol. The van der Waals surface area contributed by atoms with E-state index in [1.54, 1.807) is 0 Å². The van der Waals surface area contributed by atoms with Crippen LogP contribution in [-0.4, -0.2) is 23.9 Å². The zero-order chi connectivity index (χ0) is 7.56. The largest absolute Gasteiger partial charge is 0.336 e. The second-order valence-corrected chi connectivity index (χ2v) is 2.44. The Labute approximate surface area is 59.3 Å². The van der Waals surface area contributed by atoms with Gasteiger partial charge in [-0.1, -0.05) is 6.58 Å². The number of likely N-dealkylation sites (tertiary alicyclic amines) is 1. The van der Waals surface area contributed by atoms with E-state index < -0.39 is 5.83 Å². The van der Waals surface area contributed by atoms with Gasteiger partial charge in [0.05, 0.1) is 6.54 Å². The first-order valence-electron chi connectivity index (χ1n) is 3.31. The number of halogens is 1. The van der Waals surface area contributed by atoms with E-state index in [1.807, 2.05) is 0 Å². The fraction of sp³-hybridized carbons (Fsp3) is 0.571. The Morgan fingerprint density at radius 3 is 2.90 bits per heavy atom. The van der Waals surface area contributed by atoms with Crippen LogP contribution in [0.2, 0.25) is 0 Å². The van der Waals surface area contributed by atoms with Gasteiger partial charge in [0.15, 0.2) is 0 Å². The van der Waals surface area contributed by atoms with Crippen molar-refractivity contribution in [2.45, 2.75) is 12.8 Å². The number of hydrogen-bond acceptors (Lipinski definition) is 1. The summed E-state index contributed by atoms with van der Waals surface area (Å²) >= 11 is 0. The maximum Gasteiger partial charge on any atom is 0.223 e. The van der Waals surface area contributed by atoms with E-state index in [0.29, 0.717) is 13.0 Å². The molecule has 1 amide bonds. The third-order valence-electron chi connectivity index (χ3n) is 1.53. The summed E-state index contributed by atoms with van der Waals surface area (Å²) in [5.41, 5.74) is 0. The van der Waals surface area contributed by atoms with Gasteiger partial charge in [-0.3, -0.25) is 4.79 Å². The highest BCUT2D eigenvalue weighted by atomic mass is 19.1. The Bertz CT molecular complexity index is 167. The van der Waals surface area contributed by atoms with E-state index in [1.165, 1.54) is 4.90 Å². The number of nitrogens with zero attached hydrogens (tertiary/aromatic N) is 1. The molecule has 1 fully saturated rings. The normalized spacial score (nSPS) is 18.1. The average Bonchev–Trinajstić information content (AvgIpc) is 2.15. The zero-order valence-electron chi connectivity index (χ0n) is 5.77. The van der Waals surface area contributed by atoms with Gasteiger partial charge in [0.1, 0.15) is 5.83 Å². The molecule has 0 aromatic heterocycles. The van der Waals surface area contributed by atoms with E-state index in [0.717, 1.165) is 6.42 Å². The molecule has 3 heteroatoms. The van der Waals surface area contributed by atoms with Crippen molar-refractivity contribution in [3.63, 3.8) is 0 Å². The minimum atomic E-state index is -0.435. The van der Waals surface area contributed by atoms with Gasteiger partial charge in [-0.05, 0) is 6.42 Å². The smallest absolute Gasteiger partial charge is 0.223 e. The molecule has 0 atom stereocenters. The van der Waals surface area contributed by atoms with Crippen LogP contribution < -0.4 is 0 Å². The van der Waals surface area contributed by atoms with Gasteiger partial charge in [0, 0.05) is 13.0 Å². The van der Waals surface area contributed by atoms with Gasteiger partial charge in [-0.25, -0.2) is 4.39 Å². The van der Waals surface area contributed by atoms with Gasteiger partial charge >= 0.3 is 0 Å². The molecule has 0 aromatic carbocycles. The van der Waals surface area contributed by atoms with Crippen molar-refractivity contribution in [2.24, 2.45) is 0 Å². The number of carbonyl (C=O) groups excluding carboxylic acids is 1. The predicted octanol–water partition coefficient (Wildman–Crippen LogP) is 1.09. The highest BCUT2D eigenvalue weighted by molar-refractivity contribution is 5.78. The summed E-state index contributed by atoms with van der Waals surface area (Å²) in [4.78, 5) is 12.3. The molecule has 0 spiro atoms. The highest BCUT2D eigenvalue weighted by Crippen LogP contribution is 2.10. The topological polar surface area (TPSA) is 20.3 Å². The molecule has 2 nitrogen and oxygen atoms in total. The van der Waals surface area contributed by atoms with E-state index in [-0.39, 0.29) is 12.5 Å².